The molecule has 2 heterocycles. The fourth-order valence-electron chi connectivity index (χ4n) is 3.36. The second-order valence-electron chi connectivity index (χ2n) is 7.08. The monoisotopic (exact) mass is 425 g/mol. The Hall–Kier alpha value is -3.26. The molecular formula is C22H20FN3O3S. The maximum absolute atomic E-state index is 13.2. The van der Waals surface area contributed by atoms with E-state index in [-0.39, 0.29) is 24.1 Å². The Morgan fingerprint density at radius 3 is 2.73 bits per heavy atom. The van der Waals surface area contributed by atoms with Crippen molar-refractivity contribution in [1.29, 1.82) is 0 Å². The van der Waals surface area contributed by atoms with E-state index in [1.807, 2.05) is 6.92 Å². The minimum absolute atomic E-state index is 0.137. The lowest BCUT2D eigenvalue weighted by Gasteiger charge is -2.30. The van der Waals surface area contributed by atoms with Gasteiger partial charge in [0.25, 0.3) is 5.91 Å². The molecule has 0 fully saturated rings. The number of likely N-dealkylation sites (N-methyl/N-ethyl adjacent to an activating group) is 1. The highest BCUT2D eigenvalue weighted by atomic mass is 32.1. The molecule has 1 atom stereocenters. The van der Waals surface area contributed by atoms with Crippen LogP contribution in [0, 0.1) is 12.7 Å². The predicted octanol–water partition coefficient (Wildman–Crippen LogP) is 4.18. The number of benzene rings is 2. The lowest BCUT2D eigenvalue weighted by molar-refractivity contribution is -0.125. The summed E-state index contributed by atoms with van der Waals surface area (Å²) in [6.07, 6.45) is -0.403. The predicted molar refractivity (Wildman–Crippen MR) is 115 cm³/mol. The van der Waals surface area contributed by atoms with E-state index < -0.39 is 6.10 Å². The van der Waals surface area contributed by atoms with Crippen LogP contribution in [0.25, 0.3) is 11.3 Å². The maximum atomic E-state index is 13.2. The molecule has 1 aliphatic rings. The van der Waals surface area contributed by atoms with Gasteiger partial charge in [0.05, 0.1) is 22.8 Å². The summed E-state index contributed by atoms with van der Waals surface area (Å²) in [6.45, 7) is 3.57. The Morgan fingerprint density at radius 1 is 1.27 bits per heavy atom. The Bertz CT molecular complexity index is 1130. The summed E-state index contributed by atoms with van der Waals surface area (Å²) in [5.41, 5.74) is 2.63. The van der Waals surface area contributed by atoms with E-state index in [2.05, 4.69) is 10.3 Å². The third-order valence-electron chi connectivity index (χ3n) is 4.83. The standard InChI is InChI=1S/C22H20FN3O3S/c1-12-22(28)26(3)17-10-16(8-9-18(17)29-12)25-20(27)11-19-21(24-13(2)30-19)14-4-6-15(23)7-5-14/h4-10,12H,11H2,1-3H3,(H,25,27)/t12-/m0/s1. The first-order chi connectivity index (χ1) is 14.3. The average molecular weight is 425 g/mol. The van der Waals surface area contributed by atoms with Gasteiger partial charge in [-0.2, -0.15) is 0 Å². The van der Waals surface area contributed by atoms with Crippen molar-refractivity contribution in [2.24, 2.45) is 0 Å². The highest BCUT2D eigenvalue weighted by molar-refractivity contribution is 7.12. The zero-order chi connectivity index (χ0) is 21.4. The van der Waals surface area contributed by atoms with Gasteiger partial charge in [0.15, 0.2) is 6.10 Å². The van der Waals surface area contributed by atoms with E-state index >= 15 is 0 Å². The van der Waals surface area contributed by atoms with Gasteiger partial charge in [-0.15, -0.1) is 11.3 Å². The minimum atomic E-state index is -0.539. The van der Waals surface area contributed by atoms with E-state index in [1.165, 1.54) is 28.4 Å². The lowest BCUT2D eigenvalue weighted by atomic mass is 10.1. The van der Waals surface area contributed by atoms with Crippen molar-refractivity contribution >= 4 is 34.5 Å². The van der Waals surface area contributed by atoms with Crippen LogP contribution in [0.1, 0.15) is 16.8 Å². The Kier molecular flexibility index (Phi) is 5.26. The molecule has 30 heavy (non-hydrogen) atoms. The number of carbonyl (C=O) groups excluding carboxylic acids is 2. The van der Waals surface area contributed by atoms with Gasteiger partial charge in [-0.1, -0.05) is 0 Å². The van der Waals surface area contributed by atoms with Gasteiger partial charge in [0.1, 0.15) is 11.6 Å². The van der Waals surface area contributed by atoms with Gasteiger partial charge in [-0.25, -0.2) is 9.37 Å². The quantitative estimate of drug-likeness (QED) is 0.681. The number of aryl methyl sites for hydroxylation is 1. The van der Waals surface area contributed by atoms with Crippen molar-refractivity contribution in [3.8, 4) is 17.0 Å². The topological polar surface area (TPSA) is 71.5 Å². The smallest absolute Gasteiger partial charge is 0.267 e. The summed E-state index contributed by atoms with van der Waals surface area (Å²) in [4.78, 5) is 31.7. The van der Waals surface area contributed by atoms with Crippen LogP contribution < -0.4 is 15.0 Å². The largest absolute Gasteiger partial charge is 0.479 e. The Morgan fingerprint density at radius 2 is 2.00 bits per heavy atom. The van der Waals surface area contributed by atoms with Crippen LogP contribution in [0.3, 0.4) is 0 Å². The number of halogens is 1. The molecule has 1 N–H and O–H groups in total. The van der Waals surface area contributed by atoms with E-state index in [4.69, 9.17) is 4.74 Å². The van der Waals surface area contributed by atoms with Gasteiger partial charge in [-0.3, -0.25) is 9.59 Å². The van der Waals surface area contributed by atoms with Crippen molar-refractivity contribution < 1.29 is 18.7 Å². The molecule has 0 bridgehead atoms. The van der Waals surface area contributed by atoms with E-state index in [0.717, 1.165) is 15.4 Å². The number of hydrogen-bond donors (Lipinski definition) is 1. The first-order valence-corrected chi connectivity index (χ1v) is 10.2. The van der Waals surface area contributed by atoms with Crippen molar-refractivity contribution in [2.75, 3.05) is 17.3 Å². The zero-order valence-electron chi connectivity index (χ0n) is 16.7. The molecule has 0 unspecified atom stereocenters. The van der Waals surface area contributed by atoms with Crippen LogP contribution in [0.4, 0.5) is 15.8 Å². The van der Waals surface area contributed by atoms with Gasteiger partial charge in [0.2, 0.25) is 5.91 Å². The lowest BCUT2D eigenvalue weighted by Crippen LogP contribution is -2.42. The molecule has 3 aromatic rings. The van der Waals surface area contributed by atoms with E-state index in [0.29, 0.717) is 22.8 Å². The molecule has 0 spiro atoms. The number of aromatic nitrogens is 1. The fraction of sp³-hybridized carbons (Fsp3) is 0.227. The van der Waals surface area contributed by atoms with Gasteiger partial charge in [0, 0.05) is 23.2 Å². The number of rotatable bonds is 4. The number of nitrogens with zero attached hydrogens (tertiary/aromatic N) is 2. The molecular weight excluding hydrogens is 405 g/mol. The number of fused-ring (bicyclic) bond motifs is 1. The molecule has 1 aliphatic heterocycles. The molecule has 4 rings (SSSR count). The molecule has 1 aromatic heterocycles. The number of ether oxygens (including phenoxy) is 1. The SMILES string of the molecule is Cc1nc(-c2ccc(F)cc2)c(CC(=O)Nc2ccc3c(c2)N(C)C(=O)[C@H](C)O3)s1. The summed E-state index contributed by atoms with van der Waals surface area (Å²) in [6, 6.07) is 11.3. The zero-order valence-corrected chi connectivity index (χ0v) is 17.5. The van der Waals surface area contributed by atoms with Crippen LogP contribution in [0.15, 0.2) is 42.5 Å². The Labute approximate surface area is 177 Å². The summed E-state index contributed by atoms with van der Waals surface area (Å²) >= 11 is 1.44. The second-order valence-corrected chi connectivity index (χ2v) is 8.36. The summed E-state index contributed by atoms with van der Waals surface area (Å²) in [7, 11) is 1.68. The molecule has 0 aliphatic carbocycles. The number of nitrogens with one attached hydrogen (secondary N) is 1. The molecule has 8 heteroatoms. The molecule has 0 radical (unpaired) electrons. The average Bonchev–Trinajstić information content (AvgIpc) is 3.07. The van der Waals surface area contributed by atoms with Crippen LogP contribution in [-0.2, 0) is 16.0 Å². The molecule has 154 valence electrons. The number of thiazole rings is 1. The van der Waals surface area contributed by atoms with Crippen molar-refractivity contribution in [3.63, 3.8) is 0 Å². The van der Waals surface area contributed by atoms with Gasteiger partial charge >= 0.3 is 0 Å². The third kappa shape index (κ3) is 3.91. The number of amides is 2. The van der Waals surface area contributed by atoms with Crippen molar-refractivity contribution in [1.82, 2.24) is 4.98 Å². The normalized spacial score (nSPS) is 15.5. The number of carbonyl (C=O) groups is 2. The van der Waals surface area contributed by atoms with E-state index in [9.17, 15) is 14.0 Å². The molecule has 6 nitrogen and oxygen atoms in total. The first kappa shape index (κ1) is 20.0. The minimum Gasteiger partial charge on any atom is -0.479 e. The molecule has 2 amide bonds. The van der Waals surface area contributed by atoms with E-state index in [1.54, 1.807) is 44.3 Å². The highest BCUT2D eigenvalue weighted by Crippen LogP contribution is 2.35. The molecule has 2 aromatic carbocycles. The second kappa shape index (κ2) is 7.87. The highest BCUT2D eigenvalue weighted by Gasteiger charge is 2.29. The van der Waals surface area contributed by atoms with Crippen LogP contribution in [0.2, 0.25) is 0 Å². The fourth-order valence-corrected chi connectivity index (χ4v) is 4.32. The van der Waals surface area contributed by atoms with Gasteiger partial charge < -0.3 is 15.0 Å². The van der Waals surface area contributed by atoms with Crippen LogP contribution >= 0.6 is 11.3 Å². The summed E-state index contributed by atoms with van der Waals surface area (Å²) < 4.78 is 18.8. The van der Waals surface area contributed by atoms with Crippen LogP contribution in [0.5, 0.6) is 5.75 Å². The molecule has 0 saturated heterocycles. The van der Waals surface area contributed by atoms with Crippen LogP contribution in [-0.4, -0.2) is 29.9 Å². The molecule has 0 saturated carbocycles. The van der Waals surface area contributed by atoms with Crippen molar-refractivity contribution in [2.45, 2.75) is 26.4 Å². The maximum Gasteiger partial charge on any atom is 0.267 e. The number of hydrogen-bond acceptors (Lipinski definition) is 5. The summed E-state index contributed by atoms with van der Waals surface area (Å²) in [5.74, 6) is -0.0745. The summed E-state index contributed by atoms with van der Waals surface area (Å²) in [5, 5.41) is 3.70. The third-order valence-corrected chi connectivity index (χ3v) is 5.80. The Balaban J connectivity index is 1.53. The number of anilines is 2. The first-order valence-electron chi connectivity index (χ1n) is 9.42. The van der Waals surface area contributed by atoms with Crippen molar-refractivity contribution in [3.05, 3.63) is 58.2 Å². The van der Waals surface area contributed by atoms with Gasteiger partial charge in [-0.05, 0) is 56.3 Å².